The maximum absolute atomic E-state index is 11.7. The van der Waals surface area contributed by atoms with Crippen molar-refractivity contribution in [3.8, 4) is 6.07 Å². The summed E-state index contributed by atoms with van der Waals surface area (Å²) in [5.74, 6) is -0.0649. The molecule has 0 saturated heterocycles. The van der Waals surface area contributed by atoms with Crippen molar-refractivity contribution >= 4 is 23.2 Å². The molecule has 3 nitrogen and oxygen atoms in total. The molecule has 0 fully saturated rings. The summed E-state index contributed by atoms with van der Waals surface area (Å²) in [6.45, 7) is 2.13. The first-order valence-electron chi connectivity index (χ1n) is 6.17. The van der Waals surface area contributed by atoms with Crippen LogP contribution in [-0.2, 0) is 4.79 Å². The molecule has 4 heteroatoms. The van der Waals surface area contributed by atoms with Crippen molar-refractivity contribution < 1.29 is 4.79 Å². The highest BCUT2D eigenvalue weighted by atomic mass is 35.5. The van der Waals surface area contributed by atoms with Crippen molar-refractivity contribution in [1.29, 1.82) is 5.26 Å². The fraction of sp³-hybridized carbons (Fsp3) is 0.429. The molecule has 96 valence electrons. The summed E-state index contributed by atoms with van der Waals surface area (Å²) >= 11 is 5.84. The monoisotopic (exact) mass is 264 g/mol. The number of amides is 1. The standard InChI is InChI=1S/C14H17ClN2O/c1-2-3-4-5-6-14(18)17-13-9-12(15)8-7-11(13)10-16/h7-9H,2-6H2,1H3,(H,17,18). The molecule has 0 atom stereocenters. The number of hydrogen-bond acceptors (Lipinski definition) is 2. The van der Waals surface area contributed by atoms with Crippen molar-refractivity contribution in [2.45, 2.75) is 39.0 Å². The molecule has 0 unspecified atom stereocenters. The Bertz CT molecular complexity index is 452. The quantitative estimate of drug-likeness (QED) is 0.786. The van der Waals surface area contributed by atoms with E-state index in [0.29, 0.717) is 22.7 Å². The molecule has 1 aromatic rings. The van der Waals surface area contributed by atoms with Crippen molar-refractivity contribution in [3.05, 3.63) is 28.8 Å². The van der Waals surface area contributed by atoms with Gasteiger partial charge < -0.3 is 5.32 Å². The van der Waals surface area contributed by atoms with Gasteiger partial charge in [0, 0.05) is 11.4 Å². The van der Waals surface area contributed by atoms with Gasteiger partial charge in [-0.05, 0) is 24.6 Å². The molecule has 18 heavy (non-hydrogen) atoms. The fourth-order valence-corrected chi connectivity index (χ4v) is 1.81. The van der Waals surface area contributed by atoms with E-state index < -0.39 is 0 Å². The number of carbonyl (C=O) groups is 1. The molecule has 1 aromatic carbocycles. The average molecular weight is 265 g/mol. The molecule has 0 bridgehead atoms. The Balaban J connectivity index is 2.54. The zero-order valence-corrected chi connectivity index (χ0v) is 11.3. The third-order valence-corrected chi connectivity index (χ3v) is 2.87. The zero-order valence-electron chi connectivity index (χ0n) is 10.5. The molecule has 0 aliphatic rings. The molecule has 0 aliphatic heterocycles. The number of nitrogens with zero attached hydrogens (tertiary/aromatic N) is 1. The first-order chi connectivity index (χ1) is 8.67. The molecule has 0 saturated carbocycles. The van der Waals surface area contributed by atoms with E-state index in [1.165, 1.54) is 0 Å². The molecule has 0 spiro atoms. The van der Waals surface area contributed by atoms with Gasteiger partial charge in [-0.1, -0.05) is 37.8 Å². The Hall–Kier alpha value is -1.53. The molecule has 1 rings (SSSR count). The van der Waals surface area contributed by atoms with E-state index in [2.05, 4.69) is 12.2 Å². The fourth-order valence-electron chi connectivity index (χ4n) is 1.64. The van der Waals surface area contributed by atoms with E-state index in [-0.39, 0.29) is 5.91 Å². The Morgan fingerprint density at radius 3 is 2.83 bits per heavy atom. The number of nitriles is 1. The first-order valence-corrected chi connectivity index (χ1v) is 6.54. The summed E-state index contributed by atoms with van der Waals surface area (Å²) in [6, 6.07) is 6.87. The number of carbonyl (C=O) groups excluding carboxylic acids is 1. The van der Waals surface area contributed by atoms with E-state index in [0.717, 1.165) is 25.7 Å². The average Bonchev–Trinajstić information content (AvgIpc) is 2.35. The second-order valence-electron chi connectivity index (χ2n) is 4.16. The Kier molecular flexibility index (Phi) is 6.24. The van der Waals surface area contributed by atoms with Crippen LogP contribution in [0.3, 0.4) is 0 Å². The Morgan fingerprint density at radius 1 is 1.39 bits per heavy atom. The van der Waals surface area contributed by atoms with Crippen LogP contribution in [0, 0.1) is 11.3 Å². The third-order valence-electron chi connectivity index (χ3n) is 2.63. The van der Waals surface area contributed by atoms with Gasteiger partial charge in [0.2, 0.25) is 5.91 Å². The van der Waals surface area contributed by atoms with Gasteiger partial charge in [-0.3, -0.25) is 4.79 Å². The number of unbranched alkanes of at least 4 members (excludes halogenated alkanes) is 3. The van der Waals surface area contributed by atoms with Crippen LogP contribution in [0.15, 0.2) is 18.2 Å². The summed E-state index contributed by atoms with van der Waals surface area (Å²) in [5, 5.41) is 12.2. The maximum Gasteiger partial charge on any atom is 0.224 e. The lowest BCUT2D eigenvalue weighted by Gasteiger charge is -2.07. The number of hydrogen-bond donors (Lipinski definition) is 1. The van der Waals surface area contributed by atoms with Crippen LogP contribution in [0.25, 0.3) is 0 Å². The molecule has 0 aromatic heterocycles. The second-order valence-corrected chi connectivity index (χ2v) is 4.60. The van der Waals surface area contributed by atoms with Gasteiger partial charge in [0.25, 0.3) is 0 Å². The van der Waals surface area contributed by atoms with Gasteiger partial charge >= 0.3 is 0 Å². The minimum atomic E-state index is -0.0649. The highest BCUT2D eigenvalue weighted by molar-refractivity contribution is 6.31. The Labute approximate surface area is 113 Å². The molecule has 1 N–H and O–H groups in total. The summed E-state index contributed by atoms with van der Waals surface area (Å²) < 4.78 is 0. The highest BCUT2D eigenvalue weighted by Crippen LogP contribution is 2.20. The minimum absolute atomic E-state index is 0.0649. The lowest BCUT2D eigenvalue weighted by atomic mass is 10.1. The molecular formula is C14H17ClN2O. The second kappa shape index (κ2) is 7.73. The summed E-state index contributed by atoms with van der Waals surface area (Å²) in [5.41, 5.74) is 0.923. The number of halogens is 1. The van der Waals surface area contributed by atoms with Gasteiger partial charge in [0.05, 0.1) is 11.3 Å². The number of benzene rings is 1. The first kappa shape index (κ1) is 14.5. The summed E-state index contributed by atoms with van der Waals surface area (Å²) in [7, 11) is 0. The molecule has 0 aliphatic carbocycles. The van der Waals surface area contributed by atoms with E-state index in [1.54, 1.807) is 18.2 Å². The molecule has 0 heterocycles. The SMILES string of the molecule is CCCCCCC(=O)Nc1cc(Cl)ccc1C#N. The largest absolute Gasteiger partial charge is 0.325 e. The van der Waals surface area contributed by atoms with Crippen LogP contribution in [0.2, 0.25) is 5.02 Å². The molecular weight excluding hydrogens is 248 g/mol. The smallest absolute Gasteiger partial charge is 0.224 e. The highest BCUT2D eigenvalue weighted by Gasteiger charge is 2.07. The molecule has 0 radical (unpaired) electrons. The predicted octanol–water partition coefficient (Wildman–Crippen LogP) is 4.12. The predicted molar refractivity (Wildman–Crippen MR) is 73.6 cm³/mol. The van der Waals surface area contributed by atoms with Gasteiger partial charge in [-0.25, -0.2) is 0 Å². The number of rotatable bonds is 6. The van der Waals surface area contributed by atoms with Gasteiger partial charge in [-0.2, -0.15) is 5.26 Å². The van der Waals surface area contributed by atoms with Gasteiger partial charge in [0.1, 0.15) is 6.07 Å². The number of nitrogens with one attached hydrogen (secondary N) is 1. The van der Waals surface area contributed by atoms with Gasteiger partial charge in [-0.15, -0.1) is 0 Å². The summed E-state index contributed by atoms with van der Waals surface area (Å²) in [6.07, 6.45) is 4.71. The van der Waals surface area contributed by atoms with Crippen molar-refractivity contribution in [1.82, 2.24) is 0 Å². The van der Waals surface area contributed by atoms with Gasteiger partial charge in [0.15, 0.2) is 0 Å². The third kappa shape index (κ3) is 4.77. The van der Waals surface area contributed by atoms with E-state index in [4.69, 9.17) is 16.9 Å². The zero-order chi connectivity index (χ0) is 13.4. The van der Waals surface area contributed by atoms with Crippen LogP contribution >= 0.6 is 11.6 Å². The molecule has 1 amide bonds. The van der Waals surface area contributed by atoms with Crippen LogP contribution in [-0.4, -0.2) is 5.91 Å². The van der Waals surface area contributed by atoms with Crippen LogP contribution < -0.4 is 5.32 Å². The van der Waals surface area contributed by atoms with Crippen LogP contribution in [0.1, 0.15) is 44.6 Å². The normalized spacial score (nSPS) is 9.83. The maximum atomic E-state index is 11.7. The topological polar surface area (TPSA) is 52.9 Å². The van der Waals surface area contributed by atoms with Crippen LogP contribution in [0.5, 0.6) is 0 Å². The minimum Gasteiger partial charge on any atom is -0.325 e. The van der Waals surface area contributed by atoms with Crippen molar-refractivity contribution in [2.75, 3.05) is 5.32 Å². The van der Waals surface area contributed by atoms with E-state index in [1.807, 2.05) is 6.07 Å². The van der Waals surface area contributed by atoms with Crippen molar-refractivity contribution in [2.24, 2.45) is 0 Å². The van der Waals surface area contributed by atoms with Crippen molar-refractivity contribution in [3.63, 3.8) is 0 Å². The lowest BCUT2D eigenvalue weighted by molar-refractivity contribution is -0.116. The number of anilines is 1. The lowest BCUT2D eigenvalue weighted by Crippen LogP contribution is -2.12. The van der Waals surface area contributed by atoms with E-state index >= 15 is 0 Å². The summed E-state index contributed by atoms with van der Waals surface area (Å²) in [4.78, 5) is 11.7. The van der Waals surface area contributed by atoms with Crippen LogP contribution in [0.4, 0.5) is 5.69 Å². The van der Waals surface area contributed by atoms with E-state index in [9.17, 15) is 4.79 Å². The Morgan fingerprint density at radius 2 is 2.17 bits per heavy atom.